The molecule has 86 valence electrons. The van der Waals surface area contributed by atoms with Crippen LogP contribution in [0.4, 0.5) is 5.69 Å². The van der Waals surface area contributed by atoms with Crippen LogP contribution in [0.3, 0.4) is 0 Å². The Bertz CT molecular complexity index is 605. The van der Waals surface area contributed by atoms with Gasteiger partial charge in [-0.1, -0.05) is 29.8 Å². The molecule has 1 aromatic heterocycles. The molecule has 2 heterocycles. The first-order valence-corrected chi connectivity index (χ1v) is 5.50. The number of nitrogens with zero attached hydrogens (tertiary/aromatic N) is 2. The molecule has 1 aromatic carbocycles. The van der Waals surface area contributed by atoms with Gasteiger partial charge >= 0.3 is 51.4 Å². The minimum absolute atomic E-state index is 0. The number of benzene rings is 1. The van der Waals surface area contributed by atoms with Crippen LogP contribution in [0.5, 0.6) is 0 Å². The van der Waals surface area contributed by atoms with Gasteiger partial charge in [0.05, 0.1) is 10.7 Å². The van der Waals surface area contributed by atoms with Crippen LogP contribution in [0.15, 0.2) is 36.8 Å². The Kier molecular flexibility index (Phi) is 4.53. The molecule has 6 heteroatoms. The molecule has 2 aromatic rings. The molecule has 1 amide bonds. The van der Waals surface area contributed by atoms with E-state index in [0.29, 0.717) is 10.7 Å². The van der Waals surface area contributed by atoms with Gasteiger partial charge in [0.25, 0.3) is 0 Å². The summed E-state index contributed by atoms with van der Waals surface area (Å²) >= 11 is 6.03. The van der Waals surface area contributed by atoms with E-state index in [1.807, 2.05) is 24.3 Å². The molecule has 18 heavy (non-hydrogen) atoms. The zero-order valence-electron chi connectivity index (χ0n) is 8.72. The molecular formula is C12H9ClKN3O. The molecule has 0 fully saturated rings. The van der Waals surface area contributed by atoms with Crippen LogP contribution in [0.2, 0.25) is 5.02 Å². The van der Waals surface area contributed by atoms with Crippen molar-refractivity contribution in [2.24, 2.45) is 0 Å². The van der Waals surface area contributed by atoms with Gasteiger partial charge < -0.3 is 5.32 Å². The van der Waals surface area contributed by atoms with Crippen molar-refractivity contribution in [2.75, 3.05) is 5.32 Å². The standard InChI is InChI=1S/C12H8ClN3O.K.H/c13-8-5-14-6-15-11(8)10-7-3-1-2-4-9(7)16-12(10)17;;/h1-6,10H,(H,16,17);;. The van der Waals surface area contributed by atoms with E-state index < -0.39 is 5.92 Å². The van der Waals surface area contributed by atoms with Crippen LogP contribution in [-0.4, -0.2) is 67.3 Å². The van der Waals surface area contributed by atoms with E-state index in [9.17, 15) is 4.79 Å². The average molecular weight is 286 g/mol. The van der Waals surface area contributed by atoms with Crippen molar-refractivity contribution in [3.63, 3.8) is 0 Å². The molecule has 1 atom stereocenters. The molecule has 1 aliphatic rings. The summed E-state index contributed by atoms with van der Waals surface area (Å²) in [6.07, 6.45) is 2.90. The van der Waals surface area contributed by atoms with E-state index in [4.69, 9.17) is 11.6 Å². The van der Waals surface area contributed by atoms with Crippen molar-refractivity contribution in [1.29, 1.82) is 0 Å². The summed E-state index contributed by atoms with van der Waals surface area (Å²) in [5.74, 6) is -0.548. The molecule has 0 radical (unpaired) electrons. The second kappa shape index (κ2) is 5.77. The summed E-state index contributed by atoms with van der Waals surface area (Å²) in [6.45, 7) is 0. The van der Waals surface area contributed by atoms with E-state index in [1.165, 1.54) is 12.5 Å². The van der Waals surface area contributed by atoms with Crippen LogP contribution in [0, 0.1) is 0 Å². The second-order valence-electron chi connectivity index (χ2n) is 3.77. The van der Waals surface area contributed by atoms with E-state index in [-0.39, 0.29) is 57.3 Å². The quantitative estimate of drug-likeness (QED) is 0.809. The van der Waals surface area contributed by atoms with Gasteiger partial charge in [-0.15, -0.1) is 0 Å². The Morgan fingerprint density at radius 1 is 1.28 bits per heavy atom. The molecule has 0 saturated heterocycles. The van der Waals surface area contributed by atoms with Gasteiger partial charge in [-0.05, 0) is 11.6 Å². The van der Waals surface area contributed by atoms with Gasteiger partial charge in [0.2, 0.25) is 5.91 Å². The van der Waals surface area contributed by atoms with E-state index in [0.717, 1.165) is 11.3 Å². The predicted molar refractivity (Wildman–Crippen MR) is 71.1 cm³/mol. The molecule has 1 unspecified atom stereocenters. The number of amides is 1. The number of halogens is 1. The molecule has 0 aliphatic carbocycles. The van der Waals surface area contributed by atoms with Crippen molar-refractivity contribution < 1.29 is 4.79 Å². The number of rotatable bonds is 1. The fourth-order valence-electron chi connectivity index (χ4n) is 2.01. The first-order valence-electron chi connectivity index (χ1n) is 5.12. The van der Waals surface area contributed by atoms with Gasteiger partial charge in [0.1, 0.15) is 12.2 Å². The van der Waals surface area contributed by atoms with Crippen LogP contribution in [0.25, 0.3) is 0 Å². The van der Waals surface area contributed by atoms with Crippen LogP contribution >= 0.6 is 11.6 Å². The Labute approximate surface area is 152 Å². The van der Waals surface area contributed by atoms with E-state index >= 15 is 0 Å². The average Bonchev–Trinajstić information content (AvgIpc) is 2.66. The normalized spacial score (nSPS) is 16.7. The summed E-state index contributed by atoms with van der Waals surface area (Å²) in [6, 6.07) is 7.53. The molecule has 3 rings (SSSR count). The number of aromatic nitrogens is 2. The summed E-state index contributed by atoms with van der Waals surface area (Å²) in [7, 11) is 0. The number of hydrogen-bond acceptors (Lipinski definition) is 3. The number of hydrogen-bond donors (Lipinski definition) is 1. The molecule has 1 aliphatic heterocycles. The topological polar surface area (TPSA) is 54.9 Å². The molecule has 0 saturated carbocycles. The van der Waals surface area contributed by atoms with Crippen molar-refractivity contribution >= 4 is 74.6 Å². The van der Waals surface area contributed by atoms with Gasteiger partial charge in [0, 0.05) is 11.9 Å². The number of nitrogens with one attached hydrogen (secondary N) is 1. The number of anilines is 1. The summed E-state index contributed by atoms with van der Waals surface area (Å²) in [4.78, 5) is 19.9. The Morgan fingerprint density at radius 2 is 2.06 bits per heavy atom. The minimum atomic E-state index is -0.443. The number of carbonyl (C=O) groups excluding carboxylic acids is 1. The first-order chi connectivity index (χ1) is 8.27. The van der Waals surface area contributed by atoms with Gasteiger partial charge in [-0.25, -0.2) is 9.97 Å². The Balaban J connectivity index is 0.00000120. The Hall–Kier alpha value is -0.304. The number of fused-ring (bicyclic) bond motifs is 1. The third-order valence-corrected chi connectivity index (χ3v) is 3.05. The van der Waals surface area contributed by atoms with Crippen molar-refractivity contribution in [1.82, 2.24) is 9.97 Å². The van der Waals surface area contributed by atoms with Gasteiger partial charge in [-0.2, -0.15) is 0 Å². The molecule has 0 spiro atoms. The molecule has 1 N–H and O–H groups in total. The van der Waals surface area contributed by atoms with Crippen LogP contribution in [0.1, 0.15) is 17.2 Å². The van der Waals surface area contributed by atoms with Crippen molar-refractivity contribution in [3.8, 4) is 0 Å². The molecule has 0 bridgehead atoms. The number of carbonyl (C=O) groups is 1. The fourth-order valence-corrected chi connectivity index (χ4v) is 2.23. The fraction of sp³-hybridized carbons (Fsp3) is 0.0833. The molecule has 4 nitrogen and oxygen atoms in total. The Morgan fingerprint density at radius 3 is 2.83 bits per heavy atom. The maximum atomic E-state index is 12.0. The number of para-hydroxylation sites is 1. The zero-order chi connectivity index (χ0) is 11.8. The second-order valence-corrected chi connectivity index (χ2v) is 4.17. The van der Waals surface area contributed by atoms with Crippen LogP contribution in [-0.2, 0) is 4.79 Å². The third kappa shape index (κ3) is 2.39. The third-order valence-electron chi connectivity index (χ3n) is 2.76. The maximum absolute atomic E-state index is 12.0. The SMILES string of the molecule is O=C1Nc2ccccc2C1c1ncncc1Cl.[KH]. The van der Waals surface area contributed by atoms with Gasteiger partial charge in [-0.3, -0.25) is 4.79 Å². The van der Waals surface area contributed by atoms with Gasteiger partial charge in [0.15, 0.2) is 0 Å². The monoisotopic (exact) mass is 285 g/mol. The zero-order valence-corrected chi connectivity index (χ0v) is 9.48. The van der Waals surface area contributed by atoms with Crippen molar-refractivity contribution in [2.45, 2.75) is 5.92 Å². The van der Waals surface area contributed by atoms with Crippen molar-refractivity contribution in [3.05, 3.63) is 53.1 Å². The first kappa shape index (κ1) is 14.1. The van der Waals surface area contributed by atoms with E-state index in [1.54, 1.807) is 0 Å². The summed E-state index contributed by atoms with van der Waals surface area (Å²) < 4.78 is 0. The summed E-state index contributed by atoms with van der Waals surface area (Å²) in [5.41, 5.74) is 2.26. The van der Waals surface area contributed by atoms with E-state index in [2.05, 4.69) is 15.3 Å². The van der Waals surface area contributed by atoms with Crippen LogP contribution < -0.4 is 5.32 Å². The predicted octanol–water partition coefficient (Wildman–Crippen LogP) is 1.57. The summed E-state index contributed by atoms with van der Waals surface area (Å²) in [5, 5.41) is 3.22. The molecular weight excluding hydrogens is 277 g/mol.